The lowest BCUT2D eigenvalue weighted by Crippen LogP contribution is -2.71. The number of carbonyl (C=O) groups is 4. The van der Waals surface area contributed by atoms with Crippen LogP contribution in [0.15, 0.2) is 32.9 Å². The molecule has 0 radical (unpaired) electrons. The van der Waals surface area contributed by atoms with Gasteiger partial charge in [0.15, 0.2) is 16.7 Å². The van der Waals surface area contributed by atoms with Gasteiger partial charge in [-0.25, -0.2) is 14.8 Å². The van der Waals surface area contributed by atoms with E-state index < -0.39 is 47.4 Å². The molecule has 3 aromatic heterocycles. The first-order valence-electron chi connectivity index (χ1n) is 14.3. The molecule has 5 rings (SSSR count). The molecule has 0 saturated carbocycles. The second kappa shape index (κ2) is 14.5. The molecule has 48 heavy (non-hydrogen) atoms. The van der Waals surface area contributed by atoms with E-state index >= 15 is 0 Å². The van der Waals surface area contributed by atoms with E-state index in [1.54, 1.807) is 37.8 Å². The van der Waals surface area contributed by atoms with Crippen LogP contribution in [0.25, 0.3) is 5.78 Å². The van der Waals surface area contributed by atoms with Gasteiger partial charge < -0.3 is 30.1 Å². The van der Waals surface area contributed by atoms with Crippen molar-refractivity contribution in [1.82, 2.24) is 34.8 Å². The van der Waals surface area contributed by atoms with E-state index in [1.807, 2.05) is 13.0 Å². The first-order valence-corrected chi connectivity index (χ1v) is 17.2. The fourth-order valence-corrected chi connectivity index (χ4v) is 7.64. The number of methoxy groups -OCH3 is 1. The normalized spacial score (nSPS) is 18.0. The van der Waals surface area contributed by atoms with Gasteiger partial charge in [-0.05, 0) is 39.3 Å². The van der Waals surface area contributed by atoms with Crippen LogP contribution in [0.1, 0.15) is 38.0 Å². The summed E-state index contributed by atoms with van der Waals surface area (Å²) < 4.78 is 17.2. The third-order valence-corrected chi connectivity index (χ3v) is 9.89. The third-order valence-electron chi connectivity index (χ3n) is 6.80. The van der Waals surface area contributed by atoms with Gasteiger partial charge in [0.2, 0.25) is 6.79 Å². The van der Waals surface area contributed by atoms with Crippen molar-refractivity contribution in [2.24, 2.45) is 10.6 Å². The molecule has 0 aliphatic carbocycles. The van der Waals surface area contributed by atoms with Gasteiger partial charge in [-0.3, -0.25) is 19.3 Å². The zero-order chi connectivity index (χ0) is 34.7. The fourth-order valence-electron chi connectivity index (χ4n) is 4.56. The van der Waals surface area contributed by atoms with Gasteiger partial charge in [0, 0.05) is 29.7 Å². The molecule has 5 heterocycles. The van der Waals surface area contributed by atoms with Crippen molar-refractivity contribution in [1.29, 1.82) is 0 Å². The summed E-state index contributed by atoms with van der Waals surface area (Å²) in [5, 5.41) is 12.8. The summed E-state index contributed by atoms with van der Waals surface area (Å²) in [5.41, 5.74) is 6.24. The van der Waals surface area contributed by atoms with E-state index in [-0.39, 0.29) is 34.6 Å². The molecule has 0 bridgehead atoms. The molecule has 256 valence electrons. The van der Waals surface area contributed by atoms with Crippen molar-refractivity contribution in [2.75, 3.05) is 38.3 Å². The van der Waals surface area contributed by atoms with E-state index in [2.05, 4.69) is 30.5 Å². The molecule has 2 aliphatic rings. The number of nitrogen functional groups attached to an aromatic ring is 1. The van der Waals surface area contributed by atoms with E-state index in [0.717, 1.165) is 11.3 Å². The number of thioether (sulfide) groups is 2. The molecule has 2 aliphatic heterocycles. The van der Waals surface area contributed by atoms with Crippen LogP contribution in [0.3, 0.4) is 0 Å². The Bertz CT molecular complexity index is 1820. The highest BCUT2D eigenvalue weighted by Gasteiger charge is 2.54. The van der Waals surface area contributed by atoms with Crippen LogP contribution < -0.4 is 11.1 Å². The molecular weight excluding hydrogens is 687 g/mol. The van der Waals surface area contributed by atoms with Crippen LogP contribution in [0.5, 0.6) is 0 Å². The first-order chi connectivity index (χ1) is 22.8. The van der Waals surface area contributed by atoms with E-state index in [4.69, 9.17) is 24.8 Å². The Morgan fingerprint density at radius 2 is 1.96 bits per heavy atom. The van der Waals surface area contributed by atoms with Crippen molar-refractivity contribution in [3.8, 4) is 0 Å². The number of amides is 2. The highest BCUT2D eigenvalue weighted by Crippen LogP contribution is 2.42. The maximum atomic E-state index is 13.6. The topological polar surface area (TPSA) is 215 Å². The van der Waals surface area contributed by atoms with Crippen LogP contribution in [0.4, 0.5) is 5.13 Å². The molecule has 0 aromatic carbocycles. The molecule has 3 N–H and O–H groups in total. The quantitative estimate of drug-likeness (QED) is 0.0516. The number of carbonyl (C=O) groups excluding carboxylic acids is 4. The maximum Gasteiger partial charge on any atom is 0.357 e. The predicted octanol–water partition coefficient (Wildman–Crippen LogP) is 1.50. The monoisotopic (exact) mass is 719 g/mol. The second-order valence-corrected chi connectivity index (χ2v) is 14.4. The summed E-state index contributed by atoms with van der Waals surface area (Å²) in [6, 6.07) is 0.842. The summed E-state index contributed by atoms with van der Waals surface area (Å²) >= 11 is 3.85. The number of aromatic nitrogens is 5. The SMILES string of the molecule is COCc1nc2nc(C)cc(SCC3=C(C(=O)OCOC(=O)C(C)(C)C)N4C(=O)C(NC(=O)C(=NOC)c5csc(N)n5)[C@H]4SC3)n2n1. The van der Waals surface area contributed by atoms with Crippen LogP contribution in [-0.2, 0) is 44.8 Å². The third kappa shape index (κ3) is 7.40. The maximum absolute atomic E-state index is 13.6. The number of ether oxygens (including phenoxy) is 3. The zero-order valence-corrected chi connectivity index (χ0v) is 29.3. The Labute approximate surface area is 287 Å². The van der Waals surface area contributed by atoms with Gasteiger partial charge in [-0.15, -0.1) is 40.0 Å². The smallest absolute Gasteiger partial charge is 0.357 e. The number of fused-ring (bicyclic) bond motifs is 2. The number of nitrogens with one attached hydrogen (secondary N) is 1. The second-order valence-electron chi connectivity index (χ2n) is 11.4. The van der Waals surface area contributed by atoms with Gasteiger partial charge >= 0.3 is 11.9 Å². The van der Waals surface area contributed by atoms with Crippen LogP contribution in [-0.4, -0.2) is 103 Å². The average molecular weight is 720 g/mol. The molecule has 2 atom stereocenters. The van der Waals surface area contributed by atoms with Crippen molar-refractivity contribution in [3.63, 3.8) is 0 Å². The fraction of sp³-hybridized carbons (Fsp3) is 0.464. The summed E-state index contributed by atoms with van der Waals surface area (Å²) in [5.74, 6) is -1.23. The number of thiazole rings is 1. The zero-order valence-electron chi connectivity index (χ0n) is 26.8. The number of aryl methyl sites for hydroxylation is 1. The number of oxime groups is 1. The summed E-state index contributed by atoms with van der Waals surface area (Å²) in [6.07, 6.45) is 0. The molecule has 17 nitrogen and oxygen atoms in total. The Hall–Kier alpha value is -4.27. The van der Waals surface area contributed by atoms with Gasteiger partial charge in [-0.1, -0.05) is 5.16 Å². The number of anilines is 1. The molecule has 3 aromatic rings. The van der Waals surface area contributed by atoms with Gasteiger partial charge in [0.25, 0.3) is 17.6 Å². The molecule has 20 heteroatoms. The lowest BCUT2D eigenvalue weighted by molar-refractivity contribution is -0.173. The van der Waals surface area contributed by atoms with Crippen LogP contribution in [0, 0.1) is 12.3 Å². The number of rotatable bonds is 12. The molecule has 1 fully saturated rings. The Balaban J connectivity index is 1.39. The molecular formula is C28H33N9O8S3. The summed E-state index contributed by atoms with van der Waals surface area (Å²) in [4.78, 5) is 71.7. The highest BCUT2D eigenvalue weighted by atomic mass is 32.2. The van der Waals surface area contributed by atoms with Gasteiger partial charge in [0.05, 0.1) is 5.41 Å². The average Bonchev–Trinajstić information content (AvgIpc) is 3.65. The Kier molecular flexibility index (Phi) is 10.6. The van der Waals surface area contributed by atoms with Crippen molar-refractivity contribution in [2.45, 2.75) is 50.7 Å². The minimum absolute atomic E-state index is 0.00676. The van der Waals surface area contributed by atoms with Crippen molar-refractivity contribution >= 4 is 75.2 Å². The van der Waals surface area contributed by atoms with Gasteiger partial charge in [0.1, 0.15) is 41.5 Å². The molecule has 1 saturated heterocycles. The molecule has 2 amide bonds. The van der Waals surface area contributed by atoms with E-state index in [9.17, 15) is 19.2 Å². The van der Waals surface area contributed by atoms with E-state index in [0.29, 0.717) is 33.6 Å². The largest absolute Gasteiger partial charge is 0.427 e. The number of hydrogen-bond donors (Lipinski definition) is 2. The number of nitrogens with zero attached hydrogens (tertiary/aromatic N) is 7. The van der Waals surface area contributed by atoms with Crippen molar-refractivity contribution < 1.29 is 38.2 Å². The van der Waals surface area contributed by atoms with Crippen LogP contribution >= 0.6 is 34.9 Å². The standard InChI is InChI=1S/C28H33N9O8S3/c1-13-7-17(37-27(30-13)32-16(34-37)8-42-5)46-9-14-10-47-23-19(33-21(38)18(35-43-6)15-11-48-26(29)31-15)22(39)36(23)20(14)24(40)44-12-45-25(41)28(2,3)4/h7,11,19,23H,8-10,12H2,1-6H3,(H2,29,31)(H,33,38)/t19?,23-/m1/s1. The highest BCUT2D eigenvalue weighted by molar-refractivity contribution is 8.01. The summed E-state index contributed by atoms with van der Waals surface area (Å²) in [6.45, 7) is 6.40. The van der Waals surface area contributed by atoms with Gasteiger partial charge in [-0.2, -0.15) is 9.50 Å². The van der Waals surface area contributed by atoms with E-state index in [1.165, 1.54) is 35.5 Å². The van der Waals surface area contributed by atoms with Crippen LogP contribution in [0.2, 0.25) is 0 Å². The minimum Gasteiger partial charge on any atom is -0.427 e. The predicted molar refractivity (Wildman–Crippen MR) is 176 cm³/mol. The number of nitrogens with two attached hydrogens (primary N) is 1. The molecule has 1 unspecified atom stereocenters. The number of hydrogen-bond acceptors (Lipinski definition) is 17. The number of esters is 2. The lowest BCUT2D eigenvalue weighted by Gasteiger charge is -2.49. The number of β-lactam (4-membered cyclic amide) rings is 1. The lowest BCUT2D eigenvalue weighted by atomic mass is 9.98. The van der Waals surface area contributed by atoms with Crippen molar-refractivity contribution in [3.05, 3.63) is 39.9 Å². The molecule has 0 spiro atoms. The minimum atomic E-state index is -0.993. The first kappa shape index (κ1) is 35.0. The Morgan fingerprint density at radius 3 is 2.62 bits per heavy atom. The Morgan fingerprint density at radius 1 is 1.19 bits per heavy atom. The summed E-state index contributed by atoms with van der Waals surface area (Å²) in [7, 11) is 2.82.